The van der Waals surface area contributed by atoms with Gasteiger partial charge in [-0.2, -0.15) is 5.10 Å². The van der Waals surface area contributed by atoms with Gasteiger partial charge in [0.25, 0.3) is 5.91 Å². The van der Waals surface area contributed by atoms with Gasteiger partial charge in [0.05, 0.1) is 11.5 Å². The molecule has 2 aliphatic heterocycles. The van der Waals surface area contributed by atoms with E-state index in [9.17, 15) is 24.3 Å². The number of nitrogens with two attached hydrogens (primary N) is 1. The number of carbonyl (C=O) groups excluding carboxylic acids is 3. The van der Waals surface area contributed by atoms with E-state index in [2.05, 4.69) is 10.5 Å². The Kier molecular flexibility index (Phi) is 5.72. The highest BCUT2D eigenvalue weighted by Crippen LogP contribution is 2.44. The third kappa shape index (κ3) is 3.50. The van der Waals surface area contributed by atoms with E-state index >= 15 is 0 Å². The molecule has 3 atom stereocenters. The number of hydrazone groups is 1. The highest BCUT2D eigenvalue weighted by molar-refractivity contribution is 8.00. The maximum Gasteiger partial charge on any atom is 0.317 e. The number of carbonyl (C=O) groups is 4. The van der Waals surface area contributed by atoms with Crippen molar-refractivity contribution in [2.45, 2.75) is 18.3 Å². The van der Waals surface area contributed by atoms with Crippen LogP contribution < -0.4 is 16.1 Å². The summed E-state index contributed by atoms with van der Waals surface area (Å²) in [5.41, 5.74) is 5.89. The minimum Gasteiger partial charge on any atom is -0.480 e. The van der Waals surface area contributed by atoms with Crippen LogP contribution in [-0.4, -0.2) is 70.2 Å². The van der Waals surface area contributed by atoms with Gasteiger partial charge in [-0.3, -0.25) is 24.1 Å². The number of carboxylic acid groups (broad SMARTS) is 1. The van der Waals surface area contributed by atoms with Gasteiger partial charge in [0, 0.05) is 25.4 Å². The van der Waals surface area contributed by atoms with Gasteiger partial charge in [-0.1, -0.05) is 0 Å². The van der Waals surface area contributed by atoms with Crippen molar-refractivity contribution in [2.75, 3.05) is 23.7 Å². The number of anilines is 1. The molecule has 2 unspecified atom stereocenters. The van der Waals surface area contributed by atoms with Crippen LogP contribution in [0.5, 0.6) is 0 Å². The highest BCUT2D eigenvalue weighted by atomic mass is 32.2. The van der Waals surface area contributed by atoms with Gasteiger partial charge < -0.3 is 15.7 Å². The lowest BCUT2D eigenvalue weighted by molar-refractivity contribution is -0.153. The number of carboxylic acids is 1. The fraction of sp³-hybridized carbons (Fsp3) is 0.438. The number of hydrogen-bond acceptors (Lipinski definition) is 8. The number of aliphatic carboxylic acids is 1. The van der Waals surface area contributed by atoms with Crippen LogP contribution in [0.3, 0.4) is 0 Å². The fourth-order valence-electron chi connectivity index (χ4n) is 3.11. The summed E-state index contributed by atoms with van der Waals surface area (Å²) in [7, 11) is 0. The summed E-state index contributed by atoms with van der Waals surface area (Å²) in [6.45, 7) is 1.04. The Balaban J connectivity index is 1.78. The largest absolute Gasteiger partial charge is 0.480 e. The standard InChI is InChI=1S/C16H19N5O5S2/c1-9(22)21(11-3-2-4-27-11)12-13(24)20-7-16(15(25)26,8-28-14(12)20)6-18-19-10(23)5-17/h2-4,6,12,14H,5,7-8,17H2,1H3,(H,19,23)(H,25,26)/t12?,14-,16?/m1/s1. The molecule has 2 aliphatic rings. The van der Waals surface area contributed by atoms with Crippen LogP contribution in [-0.2, 0) is 19.2 Å². The number of thioether (sulfide) groups is 1. The van der Waals surface area contributed by atoms with E-state index < -0.39 is 23.3 Å². The number of thiophene rings is 1. The van der Waals surface area contributed by atoms with Crippen LogP contribution in [0.1, 0.15) is 6.92 Å². The maximum absolute atomic E-state index is 12.8. The summed E-state index contributed by atoms with van der Waals surface area (Å²) in [4.78, 5) is 50.9. The molecular formula is C16H19N5O5S2. The van der Waals surface area contributed by atoms with Crippen LogP contribution in [0.4, 0.5) is 5.00 Å². The summed E-state index contributed by atoms with van der Waals surface area (Å²) < 4.78 is 0. The molecule has 1 aromatic rings. The number of β-lactam (4-membered cyclic amide) rings is 1. The molecule has 10 nitrogen and oxygen atoms in total. The third-order valence-electron chi connectivity index (χ3n) is 4.55. The topological polar surface area (TPSA) is 145 Å². The zero-order valence-corrected chi connectivity index (χ0v) is 16.5. The average Bonchev–Trinajstić information content (AvgIpc) is 3.19. The van der Waals surface area contributed by atoms with Gasteiger partial charge in [0.1, 0.15) is 16.8 Å². The van der Waals surface area contributed by atoms with Crippen molar-refractivity contribution in [3.63, 3.8) is 0 Å². The Hall–Kier alpha value is -2.44. The van der Waals surface area contributed by atoms with Crippen LogP contribution in [0.15, 0.2) is 22.6 Å². The van der Waals surface area contributed by atoms with Gasteiger partial charge in [-0.05, 0) is 17.5 Å². The van der Waals surface area contributed by atoms with Gasteiger partial charge >= 0.3 is 5.97 Å². The first kappa shape index (κ1) is 20.3. The molecular weight excluding hydrogens is 406 g/mol. The van der Waals surface area contributed by atoms with Crippen LogP contribution in [0.25, 0.3) is 0 Å². The highest BCUT2D eigenvalue weighted by Gasteiger charge is 2.59. The second-order valence-electron chi connectivity index (χ2n) is 6.41. The Morgan fingerprint density at radius 1 is 1.54 bits per heavy atom. The lowest BCUT2D eigenvalue weighted by Gasteiger charge is -2.55. The molecule has 0 saturated carbocycles. The average molecular weight is 425 g/mol. The molecule has 4 N–H and O–H groups in total. The smallest absolute Gasteiger partial charge is 0.317 e. The second-order valence-corrected chi connectivity index (χ2v) is 8.44. The summed E-state index contributed by atoms with van der Waals surface area (Å²) in [5, 5.41) is 15.5. The summed E-state index contributed by atoms with van der Waals surface area (Å²) in [6, 6.07) is 2.90. The summed E-state index contributed by atoms with van der Waals surface area (Å²) >= 11 is 2.63. The first-order valence-corrected chi connectivity index (χ1v) is 10.3. The van der Waals surface area contributed by atoms with Gasteiger partial charge in [-0.15, -0.1) is 23.1 Å². The van der Waals surface area contributed by atoms with E-state index in [1.807, 2.05) is 5.38 Å². The second kappa shape index (κ2) is 7.89. The van der Waals surface area contributed by atoms with E-state index in [1.54, 1.807) is 12.1 Å². The van der Waals surface area contributed by atoms with Gasteiger partial charge in [0.2, 0.25) is 11.8 Å². The lowest BCUT2D eigenvalue weighted by atomic mass is 9.88. The Morgan fingerprint density at radius 3 is 2.86 bits per heavy atom. The Bertz CT molecular complexity index is 829. The molecule has 3 heterocycles. The molecule has 2 fully saturated rings. The van der Waals surface area contributed by atoms with Crippen molar-refractivity contribution in [3.05, 3.63) is 17.5 Å². The molecule has 12 heteroatoms. The predicted octanol–water partition coefficient (Wildman–Crippen LogP) is -0.484. The van der Waals surface area contributed by atoms with E-state index in [0.29, 0.717) is 5.00 Å². The summed E-state index contributed by atoms with van der Waals surface area (Å²) in [6.07, 6.45) is 1.13. The molecule has 1 aromatic heterocycles. The first-order chi connectivity index (χ1) is 13.3. The van der Waals surface area contributed by atoms with E-state index in [4.69, 9.17) is 5.73 Å². The SMILES string of the molecule is CC(=O)N(c1cccs1)C1C(=O)N2CC(C=NNC(=O)CN)(C(=O)O)CS[C@H]12. The minimum absolute atomic E-state index is 0.0898. The maximum atomic E-state index is 12.8. The zero-order valence-electron chi connectivity index (χ0n) is 14.9. The monoisotopic (exact) mass is 425 g/mol. The fourth-order valence-corrected chi connectivity index (χ4v) is 5.45. The van der Waals surface area contributed by atoms with Crippen molar-refractivity contribution in [2.24, 2.45) is 16.3 Å². The van der Waals surface area contributed by atoms with Gasteiger partial charge in [0.15, 0.2) is 0 Å². The normalized spacial score (nSPS) is 26.5. The molecule has 3 amide bonds. The number of nitrogens with one attached hydrogen (secondary N) is 1. The Labute approximate surface area is 168 Å². The van der Waals surface area contributed by atoms with E-state index in [1.165, 1.54) is 39.8 Å². The van der Waals surface area contributed by atoms with Crippen molar-refractivity contribution in [3.8, 4) is 0 Å². The number of nitrogens with zero attached hydrogens (tertiary/aromatic N) is 3. The molecule has 3 rings (SSSR count). The van der Waals surface area contributed by atoms with Crippen molar-refractivity contribution in [1.82, 2.24) is 10.3 Å². The van der Waals surface area contributed by atoms with Crippen LogP contribution in [0.2, 0.25) is 0 Å². The molecule has 2 saturated heterocycles. The van der Waals surface area contributed by atoms with Gasteiger partial charge in [-0.25, -0.2) is 5.43 Å². The van der Waals surface area contributed by atoms with Crippen LogP contribution >= 0.6 is 23.1 Å². The van der Waals surface area contributed by atoms with E-state index in [-0.39, 0.29) is 36.0 Å². The van der Waals surface area contributed by atoms with Crippen molar-refractivity contribution >= 4 is 58.0 Å². The molecule has 0 radical (unpaired) electrons. The number of rotatable bonds is 6. The van der Waals surface area contributed by atoms with Crippen LogP contribution in [0, 0.1) is 5.41 Å². The van der Waals surface area contributed by atoms with E-state index in [0.717, 1.165) is 6.21 Å². The minimum atomic E-state index is -1.44. The predicted molar refractivity (Wildman–Crippen MR) is 105 cm³/mol. The number of hydrogen-bond donors (Lipinski definition) is 3. The molecule has 0 aliphatic carbocycles. The first-order valence-electron chi connectivity index (χ1n) is 8.32. The quantitative estimate of drug-likeness (QED) is 0.317. The molecule has 0 aromatic carbocycles. The lowest BCUT2D eigenvalue weighted by Crippen LogP contribution is -2.74. The third-order valence-corrected chi connectivity index (χ3v) is 6.95. The molecule has 0 bridgehead atoms. The number of fused-ring (bicyclic) bond motifs is 1. The summed E-state index contributed by atoms with van der Waals surface area (Å²) in [5.74, 6) is -2.12. The van der Waals surface area contributed by atoms with Crippen molar-refractivity contribution in [1.29, 1.82) is 0 Å². The molecule has 0 spiro atoms. The number of amides is 3. The Morgan fingerprint density at radius 2 is 2.29 bits per heavy atom. The zero-order chi connectivity index (χ0) is 20.5. The molecule has 150 valence electrons. The van der Waals surface area contributed by atoms with Crippen molar-refractivity contribution < 1.29 is 24.3 Å². The molecule has 28 heavy (non-hydrogen) atoms.